The highest BCUT2D eigenvalue weighted by molar-refractivity contribution is 5.78. The first-order chi connectivity index (χ1) is 12.6. The Morgan fingerprint density at radius 3 is 2.38 bits per heavy atom. The summed E-state index contributed by atoms with van der Waals surface area (Å²) in [6.07, 6.45) is 6.40. The first kappa shape index (κ1) is 19.3. The molecule has 5 nitrogen and oxygen atoms in total. The zero-order valence-electron chi connectivity index (χ0n) is 15.6. The molecule has 0 radical (unpaired) electrons. The molecule has 1 aliphatic carbocycles. The number of carbonyl (C=O) groups excluding carboxylic acids is 1. The molecule has 0 aromatic heterocycles. The van der Waals surface area contributed by atoms with Crippen LogP contribution in [-0.2, 0) is 10.2 Å². The molecule has 1 saturated heterocycles. The van der Waals surface area contributed by atoms with Crippen molar-refractivity contribution in [1.82, 2.24) is 10.2 Å². The van der Waals surface area contributed by atoms with Crippen LogP contribution in [0.25, 0.3) is 0 Å². The van der Waals surface area contributed by atoms with Crippen molar-refractivity contribution in [2.75, 3.05) is 39.4 Å². The average Bonchev–Trinajstić information content (AvgIpc) is 3.17. The molecule has 2 fully saturated rings. The van der Waals surface area contributed by atoms with E-state index in [0.717, 1.165) is 32.2 Å². The van der Waals surface area contributed by atoms with E-state index in [9.17, 15) is 15.0 Å². The number of amides is 1. The van der Waals surface area contributed by atoms with E-state index in [0.29, 0.717) is 19.6 Å². The van der Waals surface area contributed by atoms with E-state index in [1.54, 1.807) is 0 Å². The summed E-state index contributed by atoms with van der Waals surface area (Å²) in [7, 11) is 0. The van der Waals surface area contributed by atoms with E-state index < -0.39 is 5.41 Å². The Morgan fingerprint density at radius 1 is 1.04 bits per heavy atom. The van der Waals surface area contributed by atoms with Crippen molar-refractivity contribution in [1.29, 1.82) is 0 Å². The maximum atomic E-state index is 12.6. The number of aliphatic hydroxyl groups is 2. The van der Waals surface area contributed by atoms with Gasteiger partial charge in [-0.15, -0.1) is 0 Å². The second-order valence-electron chi connectivity index (χ2n) is 8.26. The second-order valence-corrected chi connectivity index (χ2v) is 8.26. The van der Waals surface area contributed by atoms with Gasteiger partial charge in [0.25, 0.3) is 0 Å². The SMILES string of the molecule is O=C(CN1CCCC(CO)(CO)C1)NCC1(c2ccccc2)CCCC1. The molecule has 5 heteroatoms. The number of carbonyl (C=O) groups is 1. The summed E-state index contributed by atoms with van der Waals surface area (Å²) in [5.74, 6) is 0.0406. The van der Waals surface area contributed by atoms with Gasteiger partial charge >= 0.3 is 0 Å². The highest BCUT2D eigenvalue weighted by Crippen LogP contribution is 2.40. The number of hydrogen-bond acceptors (Lipinski definition) is 4. The Kier molecular flexibility index (Phi) is 6.33. The van der Waals surface area contributed by atoms with E-state index >= 15 is 0 Å². The number of nitrogens with one attached hydrogen (secondary N) is 1. The van der Waals surface area contributed by atoms with Gasteiger partial charge < -0.3 is 15.5 Å². The van der Waals surface area contributed by atoms with Crippen LogP contribution in [0.4, 0.5) is 0 Å². The van der Waals surface area contributed by atoms with E-state index in [-0.39, 0.29) is 24.5 Å². The normalized spacial score (nSPS) is 22.2. The zero-order chi connectivity index (χ0) is 18.5. The van der Waals surface area contributed by atoms with Gasteiger partial charge in [0.05, 0.1) is 19.8 Å². The molecule has 1 amide bonds. The van der Waals surface area contributed by atoms with Gasteiger partial charge in [-0.05, 0) is 37.8 Å². The van der Waals surface area contributed by atoms with Gasteiger partial charge in [-0.1, -0.05) is 43.2 Å². The summed E-state index contributed by atoms with van der Waals surface area (Å²) in [5.41, 5.74) is 0.934. The van der Waals surface area contributed by atoms with Crippen LogP contribution in [-0.4, -0.2) is 60.4 Å². The lowest BCUT2D eigenvalue weighted by molar-refractivity contribution is -0.124. The molecular formula is C21H32N2O3. The predicted octanol–water partition coefficient (Wildman–Crippen LogP) is 1.68. The second kappa shape index (κ2) is 8.51. The largest absolute Gasteiger partial charge is 0.396 e. The summed E-state index contributed by atoms with van der Waals surface area (Å²) >= 11 is 0. The minimum absolute atomic E-state index is 0.0290. The molecular weight excluding hydrogens is 328 g/mol. The highest BCUT2D eigenvalue weighted by atomic mass is 16.3. The third-order valence-corrected chi connectivity index (χ3v) is 6.35. The molecule has 26 heavy (non-hydrogen) atoms. The summed E-state index contributed by atoms with van der Waals surface area (Å²) < 4.78 is 0. The molecule has 0 atom stereocenters. The van der Waals surface area contributed by atoms with Gasteiger partial charge in [-0.2, -0.15) is 0 Å². The van der Waals surface area contributed by atoms with Crippen LogP contribution in [0, 0.1) is 5.41 Å². The molecule has 0 spiro atoms. The lowest BCUT2D eigenvalue weighted by Gasteiger charge is -2.40. The topological polar surface area (TPSA) is 72.8 Å². The van der Waals surface area contributed by atoms with Crippen molar-refractivity contribution in [3.63, 3.8) is 0 Å². The average molecular weight is 360 g/mol. The fraction of sp³-hybridized carbons (Fsp3) is 0.667. The standard InChI is InChI=1S/C21H32N2O3/c24-16-20(17-25)9-6-12-23(15-20)13-19(26)22-14-21(10-4-5-11-21)18-7-2-1-3-8-18/h1-3,7-8,24-25H,4-6,9-17H2,(H,22,26). The van der Waals surface area contributed by atoms with E-state index in [2.05, 4.69) is 34.5 Å². The molecule has 0 unspecified atom stereocenters. The van der Waals surface area contributed by atoms with Crippen LogP contribution in [0.5, 0.6) is 0 Å². The van der Waals surface area contributed by atoms with Crippen LogP contribution in [0.1, 0.15) is 44.1 Å². The number of piperidine rings is 1. The van der Waals surface area contributed by atoms with Gasteiger partial charge in [0.1, 0.15) is 0 Å². The Bertz CT molecular complexity index is 580. The lowest BCUT2D eigenvalue weighted by Crippen LogP contribution is -2.51. The highest BCUT2D eigenvalue weighted by Gasteiger charge is 2.37. The lowest BCUT2D eigenvalue weighted by atomic mass is 9.79. The number of nitrogens with zero attached hydrogens (tertiary/aromatic N) is 1. The fourth-order valence-electron chi connectivity index (χ4n) is 4.69. The van der Waals surface area contributed by atoms with Gasteiger partial charge in [0, 0.05) is 23.9 Å². The number of rotatable bonds is 7. The third kappa shape index (κ3) is 4.27. The molecule has 1 aromatic rings. The van der Waals surface area contributed by atoms with Crippen LogP contribution < -0.4 is 5.32 Å². The van der Waals surface area contributed by atoms with Gasteiger partial charge in [0.2, 0.25) is 5.91 Å². The smallest absolute Gasteiger partial charge is 0.234 e. The zero-order valence-corrected chi connectivity index (χ0v) is 15.6. The number of hydrogen-bond donors (Lipinski definition) is 3. The van der Waals surface area contributed by atoms with Gasteiger partial charge in [-0.3, -0.25) is 9.69 Å². The summed E-state index contributed by atoms with van der Waals surface area (Å²) in [6.45, 7) is 2.40. The molecule has 1 aromatic carbocycles. The minimum atomic E-state index is -0.463. The van der Waals surface area contributed by atoms with Crippen molar-refractivity contribution in [2.45, 2.75) is 43.9 Å². The van der Waals surface area contributed by atoms with Crippen LogP contribution in [0.2, 0.25) is 0 Å². The van der Waals surface area contributed by atoms with Crippen LogP contribution in [0.15, 0.2) is 30.3 Å². The molecule has 3 rings (SSSR count). The van der Waals surface area contributed by atoms with Crippen LogP contribution in [0.3, 0.4) is 0 Å². The molecule has 2 aliphatic rings. The summed E-state index contributed by atoms with van der Waals surface area (Å²) in [5, 5.41) is 22.4. The Labute approximate surface area is 156 Å². The predicted molar refractivity (Wildman–Crippen MR) is 102 cm³/mol. The fourth-order valence-corrected chi connectivity index (χ4v) is 4.69. The maximum absolute atomic E-state index is 12.6. The summed E-state index contributed by atoms with van der Waals surface area (Å²) in [6, 6.07) is 10.6. The number of benzene rings is 1. The molecule has 3 N–H and O–H groups in total. The van der Waals surface area contributed by atoms with Gasteiger partial charge in [-0.25, -0.2) is 0 Å². The van der Waals surface area contributed by atoms with Crippen molar-refractivity contribution in [2.24, 2.45) is 5.41 Å². The van der Waals surface area contributed by atoms with Gasteiger partial charge in [0.15, 0.2) is 0 Å². The third-order valence-electron chi connectivity index (χ3n) is 6.35. The van der Waals surface area contributed by atoms with E-state index in [4.69, 9.17) is 0 Å². The Morgan fingerprint density at radius 2 is 1.73 bits per heavy atom. The first-order valence-corrected chi connectivity index (χ1v) is 9.88. The molecule has 1 saturated carbocycles. The summed E-state index contributed by atoms with van der Waals surface area (Å²) in [4.78, 5) is 14.6. The number of aliphatic hydroxyl groups excluding tert-OH is 2. The molecule has 0 bridgehead atoms. The van der Waals surface area contributed by atoms with E-state index in [1.165, 1.54) is 18.4 Å². The van der Waals surface area contributed by atoms with Crippen molar-refractivity contribution >= 4 is 5.91 Å². The Hall–Kier alpha value is -1.43. The first-order valence-electron chi connectivity index (χ1n) is 9.88. The quantitative estimate of drug-likeness (QED) is 0.692. The molecule has 1 aliphatic heterocycles. The molecule has 144 valence electrons. The minimum Gasteiger partial charge on any atom is -0.396 e. The molecule has 1 heterocycles. The van der Waals surface area contributed by atoms with Crippen LogP contribution >= 0.6 is 0 Å². The Balaban J connectivity index is 1.56. The monoisotopic (exact) mass is 360 g/mol. The van der Waals surface area contributed by atoms with E-state index in [1.807, 2.05) is 6.07 Å². The van der Waals surface area contributed by atoms with Crippen molar-refractivity contribution in [3.05, 3.63) is 35.9 Å². The maximum Gasteiger partial charge on any atom is 0.234 e. The van der Waals surface area contributed by atoms with Crippen molar-refractivity contribution < 1.29 is 15.0 Å². The van der Waals surface area contributed by atoms with Crippen molar-refractivity contribution in [3.8, 4) is 0 Å². The number of likely N-dealkylation sites (tertiary alicyclic amines) is 1.